The molecule has 0 spiro atoms. The normalized spacial score (nSPS) is 11.8. The Labute approximate surface area is 109 Å². The summed E-state index contributed by atoms with van der Waals surface area (Å²) < 4.78 is 1.61. The first kappa shape index (κ1) is 12.7. The first-order chi connectivity index (χ1) is 9.11. The lowest BCUT2D eigenvalue weighted by Crippen LogP contribution is -2.04. The molecular formula is C12H11N5O2. The quantitative estimate of drug-likeness (QED) is 0.618. The molecule has 0 aliphatic heterocycles. The van der Waals surface area contributed by atoms with Crippen LogP contribution in [-0.2, 0) is 0 Å². The molecular weight excluding hydrogens is 246 g/mol. The monoisotopic (exact) mass is 257 g/mol. The van der Waals surface area contributed by atoms with Gasteiger partial charge in [-0.15, -0.1) is 0 Å². The molecule has 1 atom stereocenters. The standard InChI is InChI=1S/C12H11N5O2/c1-9(6-7-13)16-8-14-12(15-16)10-2-4-11(5-3-10)17(18)19/h2-5,8-9H,6H2,1H3. The van der Waals surface area contributed by atoms with Crippen molar-refractivity contribution in [2.45, 2.75) is 19.4 Å². The van der Waals surface area contributed by atoms with E-state index >= 15 is 0 Å². The molecule has 1 unspecified atom stereocenters. The molecule has 0 aliphatic carbocycles. The first-order valence-electron chi connectivity index (χ1n) is 5.64. The van der Waals surface area contributed by atoms with E-state index in [0.717, 1.165) is 0 Å². The minimum atomic E-state index is -0.454. The maximum Gasteiger partial charge on any atom is 0.269 e. The summed E-state index contributed by atoms with van der Waals surface area (Å²) in [4.78, 5) is 14.2. The van der Waals surface area contributed by atoms with E-state index in [1.54, 1.807) is 23.1 Å². The lowest BCUT2D eigenvalue weighted by atomic mass is 10.2. The molecule has 0 aliphatic rings. The fourth-order valence-electron chi connectivity index (χ4n) is 1.58. The summed E-state index contributed by atoms with van der Waals surface area (Å²) in [6.45, 7) is 1.87. The first-order valence-corrected chi connectivity index (χ1v) is 5.64. The zero-order chi connectivity index (χ0) is 13.8. The molecule has 7 nitrogen and oxygen atoms in total. The molecule has 0 amide bonds. The van der Waals surface area contributed by atoms with Crippen LogP contribution in [0.3, 0.4) is 0 Å². The Kier molecular flexibility index (Phi) is 3.52. The molecule has 0 saturated carbocycles. The number of rotatable bonds is 4. The molecule has 0 bridgehead atoms. The van der Waals surface area contributed by atoms with Crippen molar-refractivity contribution in [1.29, 1.82) is 5.26 Å². The minimum Gasteiger partial charge on any atom is -0.258 e. The van der Waals surface area contributed by atoms with Crippen LogP contribution in [-0.4, -0.2) is 19.7 Å². The average molecular weight is 257 g/mol. The van der Waals surface area contributed by atoms with E-state index < -0.39 is 4.92 Å². The molecule has 2 rings (SSSR count). The number of nitriles is 1. The van der Waals surface area contributed by atoms with Gasteiger partial charge in [-0.3, -0.25) is 10.1 Å². The highest BCUT2D eigenvalue weighted by Crippen LogP contribution is 2.20. The lowest BCUT2D eigenvalue weighted by molar-refractivity contribution is -0.384. The van der Waals surface area contributed by atoms with Gasteiger partial charge in [0.05, 0.1) is 23.5 Å². The van der Waals surface area contributed by atoms with Crippen LogP contribution >= 0.6 is 0 Å². The van der Waals surface area contributed by atoms with Gasteiger partial charge in [-0.25, -0.2) is 9.67 Å². The molecule has 0 N–H and O–H groups in total. The van der Waals surface area contributed by atoms with Crippen molar-refractivity contribution in [3.05, 3.63) is 40.7 Å². The van der Waals surface area contributed by atoms with Crippen LogP contribution in [0.2, 0.25) is 0 Å². The highest BCUT2D eigenvalue weighted by molar-refractivity contribution is 5.56. The van der Waals surface area contributed by atoms with E-state index in [9.17, 15) is 10.1 Å². The molecule has 0 fully saturated rings. The van der Waals surface area contributed by atoms with Gasteiger partial charge < -0.3 is 0 Å². The smallest absolute Gasteiger partial charge is 0.258 e. The van der Waals surface area contributed by atoms with Crippen LogP contribution in [0, 0.1) is 21.4 Å². The second kappa shape index (κ2) is 5.27. The minimum absolute atomic E-state index is 0.0287. The van der Waals surface area contributed by atoms with Crippen LogP contribution < -0.4 is 0 Å². The van der Waals surface area contributed by atoms with Gasteiger partial charge in [-0.05, 0) is 19.1 Å². The Morgan fingerprint density at radius 1 is 1.47 bits per heavy atom. The largest absolute Gasteiger partial charge is 0.269 e. The lowest BCUT2D eigenvalue weighted by Gasteiger charge is -2.05. The van der Waals surface area contributed by atoms with Gasteiger partial charge in [0.1, 0.15) is 6.33 Å². The van der Waals surface area contributed by atoms with Crippen LogP contribution in [0.4, 0.5) is 5.69 Å². The van der Waals surface area contributed by atoms with Crippen molar-refractivity contribution in [1.82, 2.24) is 14.8 Å². The summed E-state index contributed by atoms with van der Waals surface area (Å²) in [5, 5.41) is 23.4. The topological polar surface area (TPSA) is 97.6 Å². The van der Waals surface area contributed by atoms with Gasteiger partial charge in [0, 0.05) is 17.7 Å². The fraction of sp³-hybridized carbons (Fsp3) is 0.250. The van der Waals surface area contributed by atoms with Crippen LogP contribution in [0.5, 0.6) is 0 Å². The van der Waals surface area contributed by atoms with E-state index in [-0.39, 0.29) is 11.7 Å². The summed E-state index contributed by atoms with van der Waals surface area (Å²) in [5.41, 5.74) is 0.731. The Morgan fingerprint density at radius 3 is 2.74 bits per heavy atom. The SMILES string of the molecule is CC(CC#N)n1cnc(-c2ccc([N+](=O)[O-])cc2)n1. The van der Waals surface area contributed by atoms with E-state index in [0.29, 0.717) is 17.8 Å². The van der Waals surface area contributed by atoms with E-state index in [2.05, 4.69) is 16.2 Å². The number of nitrogens with zero attached hydrogens (tertiary/aromatic N) is 5. The van der Waals surface area contributed by atoms with Crippen molar-refractivity contribution < 1.29 is 4.92 Å². The third-order valence-corrected chi connectivity index (χ3v) is 2.68. The van der Waals surface area contributed by atoms with Gasteiger partial charge in [0.15, 0.2) is 5.82 Å². The molecule has 7 heteroatoms. The van der Waals surface area contributed by atoms with Crippen LogP contribution in [0.1, 0.15) is 19.4 Å². The molecule has 1 heterocycles. The Bertz CT molecular complexity index is 626. The van der Waals surface area contributed by atoms with Crippen molar-refractivity contribution in [2.24, 2.45) is 0 Å². The third kappa shape index (κ3) is 2.74. The highest BCUT2D eigenvalue weighted by Gasteiger charge is 2.10. The highest BCUT2D eigenvalue weighted by atomic mass is 16.6. The Balaban J connectivity index is 2.23. The molecule has 1 aromatic carbocycles. The summed E-state index contributed by atoms with van der Waals surface area (Å²) in [5.74, 6) is 0.486. The van der Waals surface area contributed by atoms with Gasteiger partial charge in [-0.1, -0.05) is 0 Å². The van der Waals surface area contributed by atoms with Crippen molar-refractivity contribution in [3.8, 4) is 17.5 Å². The average Bonchev–Trinajstić information content (AvgIpc) is 2.89. The van der Waals surface area contributed by atoms with E-state index in [1.807, 2.05) is 6.92 Å². The van der Waals surface area contributed by atoms with Crippen molar-refractivity contribution in [3.63, 3.8) is 0 Å². The second-order valence-electron chi connectivity index (χ2n) is 4.06. The van der Waals surface area contributed by atoms with Crippen molar-refractivity contribution in [2.75, 3.05) is 0 Å². The predicted molar refractivity (Wildman–Crippen MR) is 67.1 cm³/mol. The maximum absolute atomic E-state index is 10.6. The second-order valence-corrected chi connectivity index (χ2v) is 4.06. The third-order valence-electron chi connectivity index (χ3n) is 2.68. The molecule has 0 radical (unpaired) electrons. The summed E-state index contributed by atoms with van der Waals surface area (Å²) in [6.07, 6.45) is 1.90. The summed E-state index contributed by atoms with van der Waals surface area (Å²) in [7, 11) is 0. The van der Waals surface area contributed by atoms with Gasteiger partial charge in [0.2, 0.25) is 0 Å². The van der Waals surface area contributed by atoms with E-state index in [4.69, 9.17) is 5.26 Å². The van der Waals surface area contributed by atoms with Gasteiger partial charge in [0.25, 0.3) is 5.69 Å². The summed E-state index contributed by atoms with van der Waals surface area (Å²) >= 11 is 0. The molecule has 1 aromatic heterocycles. The Morgan fingerprint density at radius 2 is 2.16 bits per heavy atom. The maximum atomic E-state index is 10.6. The van der Waals surface area contributed by atoms with Crippen molar-refractivity contribution >= 4 is 5.69 Å². The number of benzene rings is 1. The number of non-ortho nitro benzene ring substituents is 1. The van der Waals surface area contributed by atoms with E-state index in [1.165, 1.54) is 12.1 Å². The number of hydrogen-bond acceptors (Lipinski definition) is 5. The molecule has 0 saturated heterocycles. The summed E-state index contributed by atoms with van der Waals surface area (Å²) in [6, 6.07) is 8.05. The zero-order valence-corrected chi connectivity index (χ0v) is 10.2. The molecule has 2 aromatic rings. The Hall–Kier alpha value is -2.75. The van der Waals surface area contributed by atoms with Gasteiger partial charge >= 0.3 is 0 Å². The van der Waals surface area contributed by atoms with Gasteiger partial charge in [-0.2, -0.15) is 10.4 Å². The molecule has 96 valence electrons. The van der Waals surface area contributed by atoms with Crippen LogP contribution in [0.25, 0.3) is 11.4 Å². The zero-order valence-electron chi connectivity index (χ0n) is 10.2. The predicted octanol–water partition coefficient (Wildman–Crippen LogP) is 2.33. The number of nitro benzene ring substituents is 1. The number of nitro groups is 1. The number of hydrogen-bond donors (Lipinski definition) is 0. The fourth-order valence-corrected chi connectivity index (χ4v) is 1.58. The molecule has 19 heavy (non-hydrogen) atoms. The number of aromatic nitrogens is 3. The van der Waals surface area contributed by atoms with Crippen LogP contribution in [0.15, 0.2) is 30.6 Å².